The minimum absolute atomic E-state index is 0.0986. The molecule has 0 radical (unpaired) electrons. The molecule has 0 atom stereocenters. The second kappa shape index (κ2) is 9.48. The van der Waals surface area contributed by atoms with Gasteiger partial charge in [-0.3, -0.25) is 9.79 Å². The lowest BCUT2D eigenvalue weighted by atomic mass is 9.98. The van der Waals surface area contributed by atoms with Crippen molar-refractivity contribution in [2.24, 2.45) is 9.98 Å². The van der Waals surface area contributed by atoms with Gasteiger partial charge in [-0.2, -0.15) is 0 Å². The molecule has 1 saturated heterocycles. The van der Waals surface area contributed by atoms with E-state index in [0.29, 0.717) is 17.2 Å². The molecule has 3 aliphatic rings. The molecule has 1 spiro atoms. The number of amides is 1. The number of likely N-dealkylation sites (tertiary alicyclic amines) is 1. The van der Waals surface area contributed by atoms with Crippen LogP contribution in [0.25, 0.3) is 0 Å². The molecule has 33 heavy (non-hydrogen) atoms. The number of halogens is 1. The van der Waals surface area contributed by atoms with E-state index >= 15 is 0 Å². The van der Waals surface area contributed by atoms with Gasteiger partial charge in [0.1, 0.15) is 5.04 Å². The summed E-state index contributed by atoms with van der Waals surface area (Å²) in [5.74, 6) is 1.49. The number of nitrogens with one attached hydrogen (secondary N) is 1. The van der Waals surface area contributed by atoms with Crippen molar-refractivity contribution in [1.29, 1.82) is 0 Å². The summed E-state index contributed by atoms with van der Waals surface area (Å²) in [4.78, 5) is 25.3. The Morgan fingerprint density at radius 3 is 2.64 bits per heavy atom. The monoisotopic (exact) mass is 528 g/mol. The minimum Gasteiger partial charge on any atom is -0.454 e. The fraction of sp³-hybridized carbons (Fsp3) is 0.375. The van der Waals surface area contributed by atoms with Gasteiger partial charge in [0.25, 0.3) is 0 Å². The molecule has 5 rings (SSSR count). The first kappa shape index (κ1) is 22.4. The summed E-state index contributed by atoms with van der Waals surface area (Å²) in [6.45, 7) is 5.41. The highest BCUT2D eigenvalue weighted by atomic mass is 79.9. The molecule has 0 bridgehead atoms. The molecule has 9 heteroatoms. The van der Waals surface area contributed by atoms with Crippen LogP contribution in [0.15, 0.2) is 56.9 Å². The van der Waals surface area contributed by atoms with E-state index in [0.717, 1.165) is 53.3 Å². The van der Waals surface area contributed by atoms with E-state index in [-0.39, 0.29) is 18.5 Å². The number of fused-ring (bicyclic) bond motifs is 1. The summed E-state index contributed by atoms with van der Waals surface area (Å²) < 4.78 is 11.7. The molecule has 172 valence electrons. The van der Waals surface area contributed by atoms with Crippen molar-refractivity contribution in [2.45, 2.75) is 25.4 Å². The maximum Gasteiger partial charge on any atom is 0.234 e. The molecule has 2 aromatic rings. The van der Waals surface area contributed by atoms with E-state index < -0.39 is 5.66 Å². The summed E-state index contributed by atoms with van der Waals surface area (Å²) in [7, 11) is 0. The number of piperidine rings is 1. The predicted octanol–water partition coefficient (Wildman–Crippen LogP) is 4.56. The van der Waals surface area contributed by atoms with Crippen LogP contribution >= 0.6 is 27.7 Å². The van der Waals surface area contributed by atoms with Gasteiger partial charge < -0.3 is 19.7 Å². The number of carbonyl (C=O) groups is 1. The van der Waals surface area contributed by atoms with Gasteiger partial charge in [0, 0.05) is 47.7 Å². The van der Waals surface area contributed by atoms with Gasteiger partial charge in [-0.1, -0.05) is 46.7 Å². The highest BCUT2D eigenvalue weighted by molar-refractivity contribution is 9.10. The molecule has 3 aliphatic heterocycles. The lowest BCUT2D eigenvalue weighted by molar-refractivity contribution is -0.113. The number of ether oxygens (including phenoxy) is 2. The quantitative estimate of drug-likeness (QED) is 0.615. The van der Waals surface area contributed by atoms with E-state index in [1.807, 2.05) is 30.3 Å². The normalized spacial score (nSPS) is 18.8. The van der Waals surface area contributed by atoms with Crippen LogP contribution in [-0.2, 0) is 4.79 Å². The number of hydrogen-bond acceptors (Lipinski definition) is 7. The van der Waals surface area contributed by atoms with Gasteiger partial charge in [-0.15, -0.1) is 0 Å². The van der Waals surface area contributed by atoms with Crippen molar-refractivity contribution in [1.82, 2.24) is 4.90 Å². The van der Waals surface area contributed by atoms with Crippen LogP contribution in [0.4, 0.5) is 5.69 Å². The Labute approximate surface area is 205 Å². The highest BCUT2D eigenvalue weighted by Crippen LogP contribution is 2.36. The summed E-state index contributed by atoms with van der Waals surface area (Å²) in [5.41, 5.74) is 2.18. The molecular formula is C24H25BrN4O3S. The van der Waals surface area contributed by atoms with Crippen LogP contribution < -0.4 is 14.8 Å². The SMILES string of the molecule is CCN1CCC2(CC1)N=C(SCC(=O)Nc1ccc3c(c1)OCO3)C(c1ccc(Br)cc1)=N2. The molecule has 1 N–H and O–H groups in total. The van der Waals surface area contributed by atoms with E-state index in [2.05, 4.69) is 33.1 Å². The fourth-order valence-electron chi connectivity index (χ4n) is 4.18. The smallest absolute Gasteiger partial charge is 0.234 e. The molecule has 0 aromatic heterocycles. The molecule has 0 aliphatic carbocycles. The first-order valence-corrected chi connectivity index (χ1v) is 12.8. The Balaban J connectivity index is 1.30. The Morgan fingerprint density at radius 2 is 1.88 bits per heavy atom. The number of nitrogens with zero attached hydrogens (tertiary/aromatic N) is 3. The van der Waals surface area contributed by atoms with Crippen molar-refractivity contribution in [3.63, 3.8) is 0 Å². The summed E-state index contributed by atoms with van der Waals surface area (Å²) >= 11 is 4.95. The third-order valence-corrected chi connectivity index (χ3v) is 7.54. The van der Waals surface area contributed by atoms with E-state index in [1.165, 1.54) is 11.8 Å². The van der Waals surface area contributed by atoms with Crippen molar-refractivity contribution >= 4 is 50.0 Å². The zero-order valence-corrected chi connectivity index (χ0v) is 20.7. The molecule has 1 fully saturated rings. The van der Waals surface area contributed by atoms with E-state index in [4.69, 9.17) is 19.5 Å². The van der Waals surface area contributed by atoms with Crippen LogP contribution in [0.3, 0.4) is 0 Å². The largest absolute Gasteiger partial charge is 0.454 e. The third kappa shape index (κ3) is 4.95. The molecule has 3 heterocycles. The number of anilines is 1. The van der Waals surface area contributed by atoms with Crippen LogP contribution in [0.1, 0.15) is 25.3 Å². The lowest BCUT2D eigenvalue weighted by Crippen LogP contribution is -2.41. The summed E-state index contributed by atoms with van der Waals surface area (Å²) in [6, 6.07) is 13.5. The van der Waals surface area contributed by atoms with Gasteiger partial charge >= 0.3 is 0 Å². The Hall–Kier alpha value is -2.36. The van der Waals surface area contributed by atoms with Crippen LogP contribution in [0.5, 0.6) is 11.5 Å². The van der Waals surface area contributed by atoms with Crippen molar-refractivity contribution < 1.29 is 14.3 Å². The molecule has 2 aromatic carbocycles. The van der Waals surface area contributed by atoms with Crippen LogP contribution in [0.2, 0.25) is 0 Å². The minimum atomic E-state index is -0.412. The number of benzene rings is 2. The molecular weight excluding hydrogens is 504 g/mol. The number of aliphatic imine (C=N–C) groups is 2. The standard InChI is InChI=1S/C24H25BrN4O3S/c1-2-29-11-9-24(10-12-29)27-22(16-3-5-17(25)6-4-16)23(28-24)33-14-21(30)26-18-7-8-19-20(13-18)32-15-31-19/h3-8,13H,2,9-12,14-15H2,1H3,(H,26,30). The zero-order chi connectivity index (χ0) is 22.8. The zero-order valence-electron chi connectivity index (χ0n) is 18.3. The maximum absolute atomic E-state index is 12.7. The Morgan fingerprint density at radius 1 is 1.12 bits per heavy atom. The summed E-state index contributed by atoms with van der Waals surface area (Å²) in [5, 5.41) is 3.78. The first-order valence-electron chi connectivity index (χ1n) is 11.0. The topological polar surface area (TPSA) is 75.5 Å². The number of thioether (sulfide) groups is 1. The van der Waals surface area contributed by atoms with Crippen LogP contribution in [-0.4, -0.2) is 59.4 Å². The van der Waals surface area contributed by atoms with Crippen molar-refractivity contribution in [3.05, 3.63) is 52.5 Å². The average Bonchev–Trinajstić information content (AvgIpc) is 3.43. The van der Waals surface area contributed by atoms with Gasteiger partial charge in [0.15, 0.2) is 17.2 Å². The van der Waals surface area contributed by atoms with Gasteiger partial charge in [0.2, 0.25) is 12.7 Å². The molecule has 7 nitrogen and oxygen atoms in total. The second-order valence-electron chi connectivity index (χ2n) is 8.21. The van der Waals surface area contributed by atoms with E-state index in [9.17, 15) is 4.79 Å². The summed E-state index contributed by atoms with van der Waals surface area (Å²) in [6.07, 6.45) is 1.79. The predicted molar refractivity (Wildman–Crippen MR) is 136 cm³/mol. The van der Waals surface area contributed by atoms with E-state index in [1.54, 1.807) is 12.1 Å². The van der Waals surface area contributed by atoms with Gasteiger partial charge in [0.05, 0.1) is 11.5 Å². The van der Waals surface area contributed by atoms with Crippen molar-refractivity contribution in [3.8, 4) is 11.5 Å². The Bertz CT molecular complexity index is 1110. The third-order valence-electron chi connectivity index (χ3n) is 6.05. The molecule has 1 amide bonds. The molecule has 0 unspecified atom stereocenters. The maximum atomic E-state index is 12.7. The number of rotatable bonds is 5. The van der Waals surface area contributed by atoms with Crippen LogP contribution in [0, 0.1) is 0 Å². The Kier molecular flexibility index (Phi) is 6.44. The number of hydrogen-bond donors (Lipinski definition) is 1. The fourth-order valence-corrected chi connectivity index (χ4v) is 5.31. The first-order chi connectivity index (χ1) is 16.0. The average molecular weight is 529 g/mol. The van der Waals surface area contributed by atoms with Gasteiger partial charge in [-0.05, 0) is 30.8 Å². The second-order valence-corrected chi connectivity index (χ2v) is 10.1. The molecule has 0 saturated carbocycles. The lowest BCUT2D eigenvalue weighted by Gasteiger charge is -2.34. The number of carbonyl (C=O) groups excluding carboxylic acids is 1. The highest BCUT2D eigenvalue weighted by Gasteiger charge is 2.39. The van der Waals surface area contributed by atoms with Crippen molar-refractivity contribution in [2.75, 3.05) is 37.5 Å². The van der Waals surface area contributed by atoms with Gasteiger partial charge in [-0.25, -0.2) is 4.99 Å².